The zero-order valence-corrected chi connectivity index (χ0v) is 14.2. The molecule has 3 heterocycles. The normalized spacial score (nSPS) is 23.5. The summed E-state index contributed by atoms with van der Waals surface area (Å²) in [7, 11) is 0. The average molecular weight is 329 g/mol. The largest absolute Gasteiger partial charge is 0.425 e. The lowest BCUT2D eigenvalue weighted by molar-refractivity contribution is 0.0575. The van der Waals surface area contributed by atoms with Crippen LogP contribution in [0.4, 0.5) is 0 Å². The maximum atomic E-state index is 13.0. The van der Waals surface area contributed by atoms with Crippen LogP contribution >= 0.6 is 0 Å². The second-order valence-electron chi connectivity index (χ2n) is 6.76. The summed E-state index contributed by atoms with van der Waals surface area (Å²) in [5, 5.41) is 15.6. The van der Waals surface area contributed by atoms with Gasteiger partial charge < -0.3 is 9.32 Å². The molecule has 24 heavy (non-hydrogen) atoms. The summed E-state index contributed by atoms with van der Waals surface area (Å²) in [6, 6.07) is 0.0326. The highest BCUT2D eigenvalue weighted by Crippen LogP contribution is 2.33. The van der Waals surface area contributed by atoms with Crippen LogP contribution in [0.15, 0.2) is 4.42 Å². The second-order valence-corrected chi connectivity index (χ2v) is 6.76. The summed E-state index contributed by atoms with van der Waals surface area (Å²) in [4.78, 5) is 15.0. The maximum Gasteiger partial charge on any atom is 0.274 e. The molecule has 0 aromatic carbocycles. The van der Waals surface area contributed by atoms with Gasteiger partial charge in [-0.3, -0.25) is 9.89 Å². The number of likely N-dealkylation sites (tertiary alicyclic amines) is 1. The number of aryl methyl sites for hydroxylation is 2. The Labute approximate surface area is 140 Å². The van der Waals surface area contributed by atoms with Gasteiger partial charge in [-0.2, -0.15) is 5.10 Å². The molecule has 2 aliphatic rings. The Kier molecular flexibility index (Phi) is 3.86. The van der Waals surface area contributed by atoms with Crippen LogP contribution in [-0.4, -0.2) is 43.8 Å². The van der Waals surface area contributed by atoms with Crippen LogP contribution in [0.3, 0.4) is 0 Å². The zero-order valence-electron chi connectivity index (χ0n) is 14.2. The van der Waals surface area contributed by atoms with Gasteiger partial charge in [0.2, 0.25) is 11.8 Å². The van der Waals surface area contributed by atoms with Gasteiger partial charge in [-0.25, -0.2) is 0 Å². The third-order valence-electron chi connectivity index (χ3n) is 5.36. The second kappa shape index (κ2) is 6.03. The van der Waals surface area contributed by atoms with E-state index >= 15 is 0 Å². The molecule has 1 aliphatic heterocycles. The molecule has 1 saturated heterocycles. The lowest BCUT2D eigenvalue weighted by atomic mass is 9.89. The van der Waals surface area contributed by atoms with Crippen molar-refractivity contribution in [2.45, 2.75) is 64.3 Å². The summed E-state index contributed by atoms with van der Waals surface area (Å²) in [5.74, 6) is 1.44. The van der Waals surface area contributed by atoms with Crippen LogP contribution in [0.2, 0.25) is 0 Å². The molecular formula is C17H23N5O2. The van der Waals surface area contributed by atoms with Gasteiger partial charge in [-0.15, -0.1) is 10.2 Å². The molecule has 0 bridgehead atoms. The molecule has 0 saturated carbocycles. The molecule has 2 aromatic heterocycles. The molecule has 1 aliphatic carbocycles. The van der Waals surface area contributed by atoms with Gasteiger partial charge in [-0.1, -0.05) is 6.92 Å². The SMILES string of the molecule is CCc1nnc([C@H]2CCCN(C(=O)c3n[nH]c4c3CCC4)[C@H]2C)o1. The first kappa shape index (κ1) is 15.4. The summed E-state index contributed by atoms with van der Waals surface area (Å²) >= 11 is 0. The Hall–Kier alpha value is -2.18. The number of nitrogens with one attached hydrogen (secondary N) is 1. The van der Waals surface area contributed by atoms with E-state index in [9.17, 15) is 4.79 Å². The number of fused-ring (bicyclic) bond motifs is 1. The monoisotopic (exact) mass is 329 g/mol. The fourth-order valence-corrected chi connectivity index (χ4v) is 3.95. The molecule has 1 fully saturated rings. The highest BCUT2D eigenvalue weighted by molar-refractivity contribution is 5.94. The summed E-state index contributed by atoms with van der Waals surface area (Å²) in [6.07, 6.45) is 5.68. The Bertz CT molecular complexity index is 750. The molecule has 2 atom stereocenters. The first-order valence-electron chi connectivity index (χ1n) is 8.88. The number of nitrogens with zero attached hydrogens (tertiary/aromatic N) is 4. The summed E-state index contributed by atoms with van der Waals surface area (Å²) < 4.78 is 5.75. The molecule has 7 heteroatoms. The zero-order chi connectivity index (χ0) is 16.7. The van der Waals surface area contributed by atoms with Gasteiger partial charge in [0.25, 0.3) is 5.91 Å². The topological polar surface area (TPSA) is 87.9 Å². The number of aromatic nitrogens is 4. The third-order valence-corrected chi connectivity index (χ3v) is 5.36. The molecular weight excluding hydrogens is 306 g/mol. The molecule has 0 spiro atoms. The fraction of sp³-hybridized carbons (Fsp3) is 0.647. The van der Waals surface area contributed by atoms with Crippen LogP contribution in [0.1, 0.15) is 72.6 Å². The summed E-state index contributed by atoms with van der Waals surface area (Å²) in [6.45, 7) is 4.83. The van der Waals surface area contributed by atoms with Crippen molar-refractivity contribution in [1.82, 2.24) is 25.3 Å². The number of rotatable bonds is 3. The Balaban J connectivity index is 1.57. The highest BCUT2D eigenvalue weighted by Gasteiger charge is 2.37. The number of piperidine rings is 1. The number of amides is 1. The van der Waals surface area contributed by atoms with E-state index in [-0.39, 0.29) is 17.9 Å². The Morgan fingerprint density at radius 2 is 2.21 bits per heavy atom. The van der Waals surface area contributed by atoms with Gasteiger partial charge >= 0.3 is 0 Å². The maximum absolute atomic E-state index is 13.0. The van der Waals surface area contributed by atoms with Crippen molar-refractivity contribution >= 4 is 5.91 Å². The quantitative estimate of drug-likeness (QED) is 0.933. The smallest absolute Gasteiger partial charge is 0.274 e. The minimum atomic E-state index is 0.0295. The van der Waals surface area contributed by atoms with Crippen molar-refractivity contribution in [3.63, 3.8) is 0 Å². The fourth-order valence-electron chi connectivity index (χ4n) is 3.95. The predicted molar refractivity (Wildman–Crippen MR) is 86.8 cm³/mol. The van der Waals surface area contributed by atoms with Crippen molar-refractivity contribution in [3.05, 3.63) is 28.7 Å². The molecule has 1 amide bonds. The van der Waals surface area contributed by atoms with Crippen LogP contribution in [0, 0.1) is 0 Å². The average Bonchev–Trinajstić information content (AvgIpc) is 3.30. The first-order chi connectivity index (χ1) is 11.7. The molecule has 4 rings (SSSR count). The number of H-pyrrole nitrogens is 1. The van der Waals surface area contributed by atoms with Gasteiger partial charge in [0.1, 0.15) is 0 Å². The third kappa shape index (κ3) is 2.42. The number of hydrogen-bond donors (Lipinski definition) is 1. The van der Waals surface area contributed by atoms with Crippen molar-refractivity contribution in [2.24, 2.45) is 0 Å². The van der Waals surface area contributed by atoms with E-state index in [4.69, 9.17) is 4.42 Å². The molecule has 2 aromatic rings. The number of carbonyl (C=O) groups is 1. The van der Waals surface area contributed by atoms with E-state index in [0.29, 0.717) is 17.5 Å². The highest BCUT2D eigenvalue weighted by atomic mass is 16.4. The van der Waals surface area contributed by atoms with Crippen LogP contribution in [0.25, 0.3) is 0 Å². The van der Waals surface area contributed by atoms with Crippen molar-refractivity contribution in [1.29, 1.82) is 0 Å². The van der Waals surface area contributed by atoms with E-state index in [1.807, 2.05) is 11.8 Å². The minimum Gasteiger partial charge on any atom is -0.425 e. The molecule has 1 N–H and O–H groups in total. The minimum absolute atomic E-state index is 0.0295. The number of hydrogen-bond acceptors (Lipinski definition) is 5. The van der Waals surface area contributed by atoms with Crippen LogP contribution < -0.4 is 0 Å². The molecule has 128 valence electrons. The van der Waals surface area contributed by atoms with Crippen molar-refractivity contribution in [2.75, 3.05) is 6.54 Å². The van der Waals surface area contributed by atoms with E-state index in [2.05, 4.69) is 27.3 Å². The lowest BCUT2D eigenvalue weighted by Gasteiger charge is -2.37. The lowest BCUT2D eigenvalue weighted by Crippen LogP contribution is -2.46. The van der Waals surface area contributed by atoms with Crippen molar-refractivity contribution in [3.8, 4) is 0 Å². The summed E-state index contributed by atoms with van der Waals surface area (Å²) in [5.41, 5.74) is 2.85. The Morgan fingerprint density at radius 1 is 1.33 bits per heavy atom. The molecule has 7 nitrogen and oxygen atoms in total. The number of carbonyl (C=O) groups excluding carboxylic acids is 1. The van der Waals surface area contributed by atoms with Crippen LogP contribution in [0.5, 0.6) is 0 Å². The first-order valence-corrected chi connectivity index (χ1v) is 8.88. The van der Waals surface area contributed by atoms with E-state index in [1.54, 1.807) is 0 Å². The van der Waals surface area contributed by atoms with E-state index < -0.39 is 0 Å². The van der Waals surface area contributed by atoms with E-state index in [1.165, 1.54) is 0 Å². The van der Waals surface area contributed by atoms with Gasteiger partial charge in [0.05, 0.1) is 5.92 Å². The van der Waals surface area contributed by atoms with Crippen LogP contribution in [-0.2, 0) is 19.3 Å². The van der Waals surface area contributed by atoms with E-state index in [0.717, 1.165) is 56.3 Å². The Morgan fingerprint density at radius 3 is 3.00 bits per heavy atom. The predicted octanol–water partition coefficient (Wildman–Crippen LogP) is 2.25. The van der Waals surface area contributed by atoms with Crippen molar-refractivity contribution < 1.29 is 9.21 Å². The van der Waals surface area contributed by atoms with Gasteiger partial charge in [0.15, 0.2) is 5.69 Å². The van der Waals surface area contributed by atoms with Gasteiger partial charge in [0, 0.05) is 30.3 Å². The molecule has 0 unspecified atom stereocenters. The van der Waals surface area contributed by atoms with Gasteiger partial charge in [-0.05, 0) is 39.0 Å². The number of aromatic amines is 1. The molecule has 0 radical (unpaired) electrons. The standard InChI is InChI=1S/C17H23N5O2/c1-3-14-19-21-16(24-14)11-7-5-9-22(10(11)2)17(23)15-12-6-4-8-13(12)18-20-15/h10-11H,3-9H2,1-2H3,(H,18,20)/t10-,11-/m0/s1.